The molecule has 0 radical (unpaired) electrons. The Balaban J connectivity index is 0.00000363. The van der Waals surface area contributed by atoms with Crippen LogP contribution in [0.4, 0.5) is 8.78 Å². The smallest absolute Gasteiger partial charge is 0.236 e. The van der Waals surface area contributed by atoms with Crippen molar-refractivity contribution in [2.75, 3.05) is 72.1 Å². The maximum Gasteiger partial charge on any atom is 0.236 e. The first kappa shape index (κ1) is 26.7. The maximum atomic E-state index is 14.1. The van der Waals surface area contributed by atoms with Gasteiger partial charge in [-0.15, -0.1) is 24.0 Å². The second-order valence-electron chi connectivity index (χ2n) is 8.02. The number of ether oxygens (including phenoxy) is 1. The van der Waals surface area contributed by atoms with Gasteiger partial charge in [0.05, 0.1) is 19.8 Å². The number of benzene rings is 1. The number of nitrogens with zero attached hydrogens (tertiary/aromatic N) is 4. The van der Waals surface area contributed by atoms with Crippen molar-refractivity contribution in [1.82, 2.24) is 20.0 Å². The van der Waals surface area contributed by atoms with Gasteiger partial charge in [0, 0.05) is 64.3 Å². The zero-order valence-corrected chi connectivity index (χ0v) is 21.2. The summed E-state index contributed by atoms with van der Waals surface area (Å²) in [6, 6.07) is 3.68. The number of carbonyl (C=O) groups is 1. The van der Waals surface area contributed by atoms with E-state index >= 15 is 0 Å². The van der Waals surface area contributed by atoms with Gasteiger partial charge in [-0.25, -0.2) is 8.78 Å². The van der Waals surface area contributed by atoms with Crippen LogP contribution in [0.1, 0.15) is 25.3 Å². The molecule has 7 nitrogen and oxygen atoms in total. The number of nitrogens with one attached hydrogen (secondary N) is 1. The van der Waals surface area contributed by atoms with Gasteiger partial charge >= 0.3 is 0 Å². The van der Waals surface area contributed by atoms with Crippen LogP contribution in [0.15, 0.2) is 23.2 Å². The Bertz CT molecular complexity index is 769. The summed E-state index contributed by atoms with van der Waals surface area (Å²) in [7, 11) is 0. The van der Waals surface area contributed by atoms with E-state index in [1.807, 2.05) is 18.7 Å². The van der Waals surface area contributed by atoms with Crippen LogP contribution < -0.4 is 5.32 Å². The van der Waals surface area contributed by atoms with E-state index in [2.05, 4.69) is 15.1 Å². The molecule has 180 valence electrons. The van der Waals surface area contributed by atoms with Gasteiger partial charge in [-0.2, -0.15) is 0 Å². The van der Waals surface area contributed by atoms with E-state index in [0.717, 1.165) is 44.7 Å². The van der Waals surface area contributed by atoms with Crippen molar-refractivity contribution in [1.29, 1.82) is 0 Å². The van der Waals surface area contributed by atoms with E-state index in [1.54, 1.807) is 0 Å². The lowest BCUT2D eigenvalue weighted by molar-refractivity contribution is -0.136. The quantitative estimate of drug-likeness (QED) is 0.326. The number of guanidine groups is 1. The topological polar surface area (TPSA) is 60.4 Å². The predicted molar refractivity (Wildman–Crippen MR) is 132 cm³/mol. The minimum Gasteiger partial charge on any atom is -0.378 e. The molecule has 10 heteroatoms. The third-order valence-electron chi connectivity index (χ3n) is 5.74. The van der Waals surface area contributed by atoms with Crippen molar-refractivity contribution in [3.8, 4) is 0 Å². The summed E-state index contributed by atoms with van der Waals surface area (Å²) in [4.78, 5) is 23.4. The van der Waals surface area contributed by atoms with Crippen molar-refractivity contribution in [2.24, 2.45) is 4.99 Å². The van der Waals surface area contributed by atoms with Crippen LogP contribution in [0.25, 0.3) is 0 Å². The molecule has 32 heavy (non-hydrogen) atoms. The second-order valence-corrected chi connectivity index (χ2v) is 8.02. The highest BCUT2D eigenvalue weighted by atomic mass is 127. The van der Waals surface area contributed by atoms with Crippen LogP contribution in [0.3, 0.4) is 0 Å². The molecule has 2 fully saturated rings. The third-order valence-corrected chi connectivity index (χ3v) is 5.74. The lowest BCUT2D eigenvalue weighted by Gasteiger charge is -2.37. The highest BCUT2D eigenvalue weighted by Crippen LogP contribution is 2.20. The predicted octanol–water partition coefficient (Wildman–Crippen LogP) is 2.13. The fourth-order valence-corrected chi connectivity index (χ4v) is 3.87. The molecule has 1 unspecified atom stereocenters. The van der Waals surface area contributed by atoms with E-state index < -0.39 is 11.6 Å². The normalized spacial score (nSPS) is 18.8. The molecule has 2 aliphatic heterocycles. The van der Waals surface area contributed by atoms with E-state index in [1.165, 1.54) is 12.1 Å². The van der Waals surface area contributed by atoms with E-state index in [0.29, 0.717) is 45.0 Å². The Morgan fingerprint density at radius 3 is 2.44 bits per heavy atom. The van der Waals surface area contributed by atoms with Gasteiger partial charge in [-0.1, -0.05) is 13.0 Å². The summed E-state index contributed by atoms with van der Waals surface area (Å²) in [5.41, 5.74) is 0.465. The van der Waals surface area contributed by atoms with Gasteiger partial charge in [0.1, 0.15) is 11.6 Å². The number of halogens is 3. The highest BCUT2D eigenvalue weighted by Gasteiger charge is 2.24. The Morgan fingerprint density at radius 2 is 1.81 bits per heavy atom. The molecule has 2 heterocycles. The number of morpholine rings is 1. The summed E-state index contributed by atoms with van der Waals surface area (Å²) in [5, 5.41) is 3.30. The van der Waals surface area contributed by atoms with Crippen molar-refractivity contribution in [3.63, 3.8) is 0 Å². The number of carbonyl (C=O) groups excluding carboxylic acids is 1. The van der Waals surface area contributed by atoms with Crippen LogP contribution in [-0.4, -0.2) is 98.7 Å². The zero-order chi connectivity index (χ0) is 22.2. The summed E-state index contributed by atoms with van der Waals surface area (Å²) in [5.74, 6) is -0.327. The molecule has 0 saturated carbocycles. The molecule has 1 aromatic rings. The first-order valence-corrected chi connectivity index (χ1v) is 11.0. The first-order valence-electron chi connectivity index (χ1n) is 11.0. The van der Waals surface area contributed by atoms with E-state index in [9.17, 15) is 13.6 Å². The molecule has 0 bridgehead atoms. The van der Waals surface area contributed by atoms with E-state index in [4.69, 9.17) is 9.73 Å². The van der Waals surface area contributed by atoms with Gasteiger partial charge in [-0.05, 0) is 18.6 Å². The minimum absolute atomic E-state index is 0. The van der Waals surface area contributed by atoms with Gasteiger partial charge in [0.15, 0.2) is 5.96 Å². The standard InChI is InChI=1S/C22H33F2N5O2.HI/c1-3-25-22(26-15-17(2)19-5-4-18(23)14-20(19)24)29-8-6-27(7-9-29)16-21(30)28-10-12-31-13-11-28;/h4-5,14,17H,3,6-13,15-16H2,1-2H3,(H,25,26);1H. The fourth-order valence-electron chi connectivity index (χ4n) is 3.87. The summed E-state index contributed by atoms with van der Waals surface area (Å²) in [6.07, 6.45) is 0. The number of rotatable bonds is 6. The Labute approximate surface area is 206 Å². The molecule has 2 aliphatic rings. The number of hydrogen-bond donors (Lipinski definition) is 1. The Hall–Kier alpha value is -1.53. The average Bonchev–Trinajstić information content (AvgIpc) is 2.77. The zero-order valence-electron chi connectivity index (χ0n) is 18.9. The van der Waals surface area contributed by atoms with Crippen molar-refractivity contribution < 1.29 is 18.3 Å². The monoisotopic (exact) mass is 565 g/mol. The number of amides is 1. The number of aliphatic imine (C=N–C) groups is 1. The minimum atomic E-state index is -0.574. The van der Waals surface area contributed by atoms with Crippen LogP contribution in [0.2, 0.25) is 0 Å². The van der Waals surface area contributed by atoms with Crippen molar-refractivity contribution in [2.45, 2.75) is 19.8 Å². The largest absolute Gasteiger partial charge is 0.378 e. The lowest BCUT2D eigenvalue weighted by atomic mass is 10.0. The molecule has 0 aromatic heterocycles. The number of hydrogen-bond acceptors (Lipinski definition) is 4. The molecular formula is C22H34F2IN5O2. The summed E-state index contributed by atoms with van der Waals surface area (Å²) >= 11 is 0. The van der Waals surface area contributed by atoms with Gasteiger partial charge < -0.3 is 19.9 Å². The Kier molecular flexibility index (Phi) is 11.1. The fraction of sp³-hybridized carbons (Fsp3) is 0.636. The van der Waals surface area contributed by atoms with Gasteiger partial charge in [-0.3, -0.25) is 14.7 Å². The summed E-state index contributed by atoms with van der Waals surface area (Å²) in [6.45, 7) is 11.1. The maximum absolute atomic E-state index is 14.1. The molecule has 3 rings (SSSR count). The Morgan fingerprint density at radius 1 is 1.12 bits per heavy atom. The molecule has 2 saturated heterocycles. The first-order chi connectivity index (χ1) is 15.0. The average molecular weight is 565 g/mol. The van der Waals surface area contributed by atoms with Crippen molar-refractivity contribution >= 4 is 35.8 Å². The number of piperazine rings is 1. The molecule has 1 atom stereocenters. The third kappa shape index (κ3) is 7.51. The summed E-state index contributed by atoms with van der Waals surface area (Å²) < 4.78 is 32.5. The molecule has 1 N–H and O–H groups in total. The van der Waals surface area contributed by atoms with E-state index in [-0.39, 0.29) is 35.8 Å². The van der Waals surface area contributed by atoms with Crippen LogP contribution >= 0.6 is 24.0 Å². The van der Waals surface area contributed by atoms with Gasteiger partial charge in [0.25, 0.3) is 0 Å². The molecule has 0 aliphatic carbocycles. The van der Waals surface area contributed by atoms with Gasteiger partial charge in [0.2, 0.25) is 5.91 Å². The highest BCUT2D eigenvalue weighted by molar-refractivity contribution is 14.0. The van der Waals surface area contributed by atoms with Crippen LogP contribution in [-0.2, 0) is 9.53 Å². The van der Waals surface area contributed by atoms with Crippen LogP contribution in [0.5, 0.6) is 0 Å². The molecular weight excluding hydrogens is 531 g/mol. The van der Waals surface area contributed by atoms with Crippen LogP contribution in [0, 0.1) is 11.6 Å². The van der Waals surface area contributed by atoms with Crippen molar-refractivity contribution in [3.05, 3.63) is 35.4 Å². The second kappa shape index (κ2) is 13.2. The molecule has 1 aromatic carbocycles. The lowest BCUT2D eigenvalue weighted by Crippen LogP contribution is -2.55. The molecule has 0 spiro atoms. The SMILES string of the molecule is CCNC(=NCC(C)c1ccc(F)cc1F)N1CCN(CC(=O)N2CCOCC2)CC1.I. The molecule has 1 amide bonds.